The quantitative estimate of drug-likeness (QED) is 0.761. The van der Waals surface area contributed by atoms with Gasteiger partial charge in [0.25, 0.3) is 0 Å². The van der Waals surface area contributed by atoms with Crippen molar-refractivity contribution in [3.63, 3.8) is 0 Å². The summed E-state index contributed by atoms with van der Waals surface area (Å²) in [5, 5.41) is 9.08. The molecule has 3 heteroatoms. The molecule has 0 spiro atoms. The van der Waals surface area contributed by atoms with Crippen LogP contribution in [-0.2, 0) is 6.61 Å². The van der Waals surface area contributed by atoms with Crippen LogP contribution in [0.3, 0.4) is 0 Å². The zero-order valence-electron chi connectivity index (χ0n) is 8.66. The Morgan fingerprint density at radius 1 is 1.36 bits per heavy atom. The molecule has 14 heavy (non-hydrogen) atoms. The molecule has 3 nitrogen and oxygen atoms in total. The van der Waals surface area contributed by atoms with Crippen molar-refractivity contribution in [2.45, 2.75) is 26.1 Å². The van der Waals surface area contributed by atoms with Gasteiger partial charge in [-0.2, -0.15) is 0 Å². The number of para-hydroxylation sites is 1. The number of benzene rings is 1. The van der Waals surface area contributed by atoms with E-state index in [1.54, 1.807) is 0 Å². The summed E-state index contributed by atoms with van der Waals surface area (Å²) in [6.07, 6.45) is 0. The van der Waals surface area contributed by atoms with Gasteiger partial charge in [-0.3, -0.25) is 0 Å². The first kappa shape index (κ1) is 11.0. The highest BCUT2D eigenvalue weighted by Crippen LogP contribution is 2.22. The van der Waals surface area contributed by atoms with Crippen LogP contribution in [-0.4, -0.2) is 17.3 Å². The first-order valence-electron chi connectivity index (χ1n) is 4.67. The van der Waals surface area contributed by atoms with Crippen molar-refractivity contribution >= 4 is 0 Å². The van der Waals surface area contributed by atoms with Crippen molar-refractivity contribution in [3.8, 4) is 5.75 Å². The number of hydrogen-bond acceptors (Lipinski definition) is 3. The van der Waals surface area contributed by atoms with Crippen molar-refractivity contribution in [2.24, 2.45) is 5.73 Å². The van der Waals surface area contributed by atoms with E-state index < -0.39 is 5.60 Å². The largest absolute Gasteiger partial charge is 0.486 e. The van der Waals surface area contributed by atoms with Gasteiger partial charge >= 0.3 is 0 Å². The smallest absolute Gasteiger partial charge is 0.125 e. The van der Waals surface area contributed by atoms with Crippen LogP contribution in [0.5, 0.6) is 5.75 Å². The summed E-state index contributed by atoms with van der Waals surface area (Å²) in [5.41, 5.74) is 5.95. The molecule has 1 aromatic carbocycles. The third-order valence-corrected chi connectivity index (χ3v) is 2.02. The molecule has 0 saturated heterocycles. The second-order valence-electron chi connectivity index (χ2n) is 3.83. The molecule has 3 N–H and O–H groups in total. The number of ether oxygens (including phenoxy) is 1. The normalized spacial score (nSPS) is 11.4. The van der Waals surface area contributed by atoms with Gasteiger partial charge in [0.15, 0.2) is 0 Å². The molecule has 1 aromatic rings. The van der Waals surface area contributed by atoms with Gasteiger partial charge < -0.3 is 15.6 Å². The van der Waals surface area contributed by atoms with Crippen LogP contribution in [0.4, 0.5) is 0 Å². The standard InChI is InChI=1S/C11H17NO2/c1-11(2,8-12)14-10-6-4-3-5-9(10)7-13/h3-6,13H,7-8,12H2,1-2H3. The van der Waals surface area contributed by atoms with E-state index in [-0.39, 0.29) is 6.61 Å². The lowest BCUT2D eigenvalue weighted by molar-refractivity contribution is 0.114. The molecule has 0 radical (unpaired) electrons. The van der Waals surface area contributed by atoms with Gasteiger partial charge in [-0.05, 0) is 19.9 Å². The maximum absolute atomic E-state index is 9.08. The molecule has 0 amide bonds. The molecule has 0 bridgehead atoms. The van der Waals surface area contributed by atoms with E-state index in [1.807, 2.05) is 38.1 Å². The average molecular weight is 195 g/mol. The minimum absolute atomic E-state index is 0.0170. The molecule has 0 aliphatic rings. The van der Waals surface area contributed by atoms with Gasteiger partial charge in [0.1, 0.15) is 11.4 Å². The van der Waals surface area contributed by atoms with E-state index in [1.165, 1.54) is 0 Å². The zero-order valence-corrected chi connectivity index (χ0v) is 8.66. The van der Waals surface area contributed by atoms with Gasteiger partial charge in [0, 0.05) is 12.1 Å². The Bertz CT molecular complexity index is 297. The summed E-state index contributed by atoms with van der Waals surface area (Å²) in [5.74, 6) is 0.699. The Hall–Kier alpha value is -1.06. The Morgan fingerprint density at radius 3 is 2.57 bits per heavy atom. The van der Waals surface area contributed by atoms with Crippen molar-refractivity contribution < 1.29 is 9.84 Å². The number of aliphatic hydroxyl groups excluding tert-OH is 1. The van der Waals surface area contributed by atoms with Gasteiger partial charge in [-0.25, -0.2) is 0 Å². The Kier molecular flexibility index (Phi) is 3.49. The maximum atomic E-state index is 9.08. The van der Waals surface area contributed by atoms with E-state index >= 15 is 0 Å². The van der Waals surface area contributed by atoms with Crippen LogP contribution in [0.2, 0.25) is 0 Å². The molecule has 0 aromatic heterocycles. The van der Waals surface area contributed by atoms with E-state index in [0.29, 0.717) is 12.3 Å². The molecule has 1 rings (SSSR count). The Balaban J connectivity index is 2.85. The summed E-state index contributed by atoms with van der Waals surface area (Å²) in [7, 11) is 0. The molecule has 0 saturated carbocycles. The van der Waals surface area contributed by atoms with Crippen molar-refractivity contribution in [1.82, 2.24) is 0 Å². The van der Waals surface area contributed by atoms with Crippen molar-refractivity contribution in [1.29, 1.82) is 0 Å². The predicted molar refractivity (Wildman–Crippen MR) is 56.1 cm³/mol. The van der Waals surface area contributed by atoms with Crippen LogP contribution in [0.1, 0.15) is 19.4 Å². The predicted octanol–water partition coefficient (Wildman–Crippen LogP) is 1.29. The molecule has 78 valence electrons. The van der Waals surface area contributed by atoms with Gasteiger partial charge in [0.05, 0.1) is 6.61 Å². The van der Waals surface area contributed by atoms with E-state index in [2.05, 4.69) is 0 Å². The second-order valence-corrected chi connectivity index (χ2v) is 3.83. The molecule has 0 fully saturated rings. The van der Waals surface area contributed by atoms with Crippen LogP contribution in [0.15, 0.2) is 24.3 Å². The van der Waals surface area contributed by atoms with Crippen molar-refractivity contribution in [2.75, 3.05) is 6.54 Å². The minimum Gasteiger partial charge on any atom is -0.486 e. The average Bonchev–Trinajstić information content (AvgIpc) is 2.18. The minimum atomic E-state index is -0.398. The van der Waals surface area contributed by atoms with Gasteiger partial charge in [0.2, 0.25) is 0 Å². The summed E-state index contributed by atoms with van der Waals surface area (Å²) in [4.78, 5) is 0. The summed E-state index contributed by atoms with van der Waals surface area (Å²) in [6, 6.07) is 7.42. The van der Waals surface area contributed by atoms with Gasteiger partial charge in [-0.15, -0.1) is 0 Å². The highest BCUT2D eigenvalue weighted by atomic mass is 16.5. The van der Waals surface area contributed by atoms with Crippen LogP contribution in [0.25, 0.3) is 0 Å². The van der Waals surface area contributed by atoms with Crippen LogP contribution < -0.4 is 10.5 Å². The van der Waals surface area contributed by atoms with E-state index in [0.717, 1.165) is 5.56 Å². The fourth-order valence-electron chi connectivity index (χ4n) is 1.07. The fourth-order valence-corrected chi connectivity index (χ4v) is 1.07. The van der Waals surface area contributed by atoms with Crippen LogP contribution >= 0.6 is 0 Å². The molecule has 0 aliphatic carbocycles. The maximum Gasteiger partial charge on any atom is 0.125 e. The second kappa shape index (κ2) is 4.44. The molecule has 0 heterocycles. The summed E-state index contributed by atoms with van der Waals surface area (Å²) in [6.45, 7) is 4.26. The zero-order chi connectivity index (χ0) is 10.6. The highest BCUT2D eigenvalue weighted by Gasteiger charge is 2.18. The van der Waals surface area contributed by atoms with Crippen LogP contribution in [0, 0.1) is 0 Å². The monoisotopic (exact) mass is 195 g/mol. The van der Waals surface area contributed by atoms with E-state index in [4.69, 9.17) is 15.6 Å². The third-order valence-electron chi connectivity index (χ3n) is 2.02. The first-order valence-corrected chi connectivity index (χ1v) is 4.67. The van der Waals surface area contributed by atoms with Gasteiger partial charge in [-0.1, -0.05) is 18.2 Å². The summed E-state index contributed by atoms with van der Waals surface area (Å²) < 4.78 is 5.69. The lowest BCUT2D eigenvalue weighted by atomic mass is 10.1. The van der Waals surface area contributed by atoms with E-state index in [9.17, 15) is 0 Å². The number of hydrogen-bond donors (Lipinski definition) is 2. The lowest BCUT2D eigenvalue weighted by Crippen LogP contribution is -2.37. The molecule has 0 atom stereocenters. The molecular weight excluding hydrogens is 178 g/mol. The first-order chi connectivity index (χ1) is 6.59. The Labute approximate surface area is 84.5 Å². The molecule has 0 unspecified atom stereocenters. The number of aliphatic hydroxyl groups is 1. The number of nitrogens with two attached hydrogens (primary N) is 1. The molecular formula is C11H17NO2. The molecule has 0 aliphatic heterocycles. The lowest BCUT2D eigenvalue weighted by Gasteiger charge is -2.25. The van der Waals surface area contributed by atoms with Crippen molar-refractivity contribution in [3.05, 3.63) is 29.8 Å². The topological polar surface area (TPSA) is 55.5 Å². The fraction of sp³-hybridized carbons (Fsp3) is 0.455. The Morgan fingerprint density at radius 2 is 2.00 bits per heavy atom. The number of rotatable bonds is 4. The highest BCUT2D eigenvalue weighted by molar-refractivity contribution is 5.33. The SMILES string of the molecule is CC(C)(CN)Oc1ccccc1CO. The summed E-state index contributed by atoms with van der Waals surface area (Å²) >= 11 is 0. The third kappa shape index (κ3) is 2.72.